The Balaban J connectivity index is 0.000000201. The van der Waals surface area contributed by atoms with E-state index in [2.05, 4.69) is 15.0 Å². The Morgan fingerprint density at radius 3 is 1.83 bits per heavy atom. The zero-order valence-corrected chi connectivity index (χ0v) is 22.2. The molecule has 0 saturated carbocycles. The van der Waals surface area contributed by atoms with Crippen molar-refractivity contribution < 1.29 is 32.5 Å². The second-order valence-corrected chi connectivity index (χ2v) is 8.68. The number of halogens is 3. The molecule has 41 heavy (non-hydrogen) atoms. The van der Waals surface area contributed by atoms with Gasteiger partial charge in [0.1, 0.15) is 11.6 Å². The number of phenols is 1. The van der Waals surface area contributed by atoms with Crippen molar-refractivity contribution >= 4 is 0 Å². The van der Waals surface area contributed by atoms with E-state index in [4.69, 9.17) is 14.2 Å². The highest BCUT2D eigenvalue weighted by molar-refractivity contribution is 5.46. The topological polar surface area (TPSA) is 86.6 Å². The summed E-state index contributed by atoms with van der Waals surface area (Å²) >= 11 is 0. The lowest BCUT2D eigenvalue weighted by Gasteiger charge is -2.11. The third kappa shape index (κ3) is 7.95. The zero-order chi connectivity index (χ0) is 29.2. The van der Waals surface area contributed by atoms with E-state index in [0.29, 0.717) is 41.2 Å². The van der Waals surface area contributed by atoms with Crippen LogP contribution in [0.25, 0.3) is 0 Å². The molecule has 5 rings (SSSR count). The van der Waals surface area contributed by atoms with Crippen molar-refractivity contribution in [2.75, 3.05) is 14.2 Å². The number of methoxy groups -OCH3 is 2. The summed E-state index contributed by atoms with van der Waals surface area (Å²) in [6, 6.07) is 17.7. The van der Waals surface area contributed by atoms with Gasteiger partial charge in [-0.25, -0.2) is 8.78 Å². The van der Waals surface area contributed by atoms with Crippen LogP contribution >= 0.6 is 0 Å². The van der Waals surface area contributed by atoms with E-state index in [1.54, 1.807) is 60.9 Å². The Morgan fingerprint density at radius 2 is 1.27 bits per heavy atom. The van der Waals surface area contributed by atoms with Crippen LogP contribution < -0.4 is 14.2 Å². The van der Waals surface area contributed by atoms with E-state index in [1.807, 2.05) is 0 Å². The summed E-state index contributed by atoms with van der Waals surface area (Å²) in [7, 11) is 2.98. The molecule has 1 N–H and O–H groups in total. The van der Waals surface area contributed by atoms with Crippen LogP contribution in [0.3, 0.4) is 0 Å². The van der Waals surface area contributed by atoms with Gasteiger partial charge in [0, 0.05) is 31.3 Å². The predicted octanol–water partition coefficient (Wildman–Crippen LogP) is 6.67. The van der Waals surface area contributed by atoms with Crippen molar-refractivity contribution in [1.82, 2.24) is 15.0 Å². The van der Waals surface area contributed by atoms with Crippen LogP contribution in [0.15, 0.2) is 91.5 Å². The van der Waals surface area contributed by atoms with Crippen LogP contribution in [-0.4, -0.2) is 34.3 Å². The Morgan fingerprint density at radius 1 is 0.683 bits per heavy atom. The monoisotopic (exact) mass is 561 g/mol. The Kier molecular flexibility index (Phi) is 9.71. The summed E-state index contributed by atoms with van der Waals surface area (Å²) in [6.07, 6.45) is 6.29. The highest BCUT2D eigenvalue weighted by atomic mass is 19.1. The van der Waals surface area contributed by atoms with Gasteiger partial charge in [0.15, 0.2) is 23.0 Å². The maximum absolute atomic E-state index is 13.7. The van der Waals surface area contributed by atoms with E-state index in [1.165, 1.54) is 44.8 Å². The van der Waals surface area contributed by atoms with Crippen molar-refractivity contribution in [1.29, 1.82) is 0 Å². The first kappa shape index (κ1) is 28.9. The van der Waals surface area contributed by atoms with Gasteiger partial charge in [0.2, 0.25) is 11.8 Å². The fourth-order valence-electron chi connectivity index (χ4n) is 3.83. The van der Waals surface area contributed by atoms with Crippen LogP contribution in [0, 0.1) is 17.6 Å². The summed E-state index contributed by atoms with van der Waals surface area (Å²) in [6.45, 7) is 0. The number of ether oxygens (including phenoxy) is 3. The predicted molar refractivity (Wildman–Crippen MR) is 146 cm³/mol. The molecule has 0 bridgehead atoms. The van der Waals surface area contributed by atoms with E-state index in [9.17, 15) is 18.3 Å². The maximum Gasteiger partial charge on any atom is 0.222 e. The first-order valence-corrected chi connectivity index (χ1v) is 12.4. The van der Waals surface area contributed by atoms with Crippen LogP contribution in [-0.2, 0) is 12.8 Å². The molecule has 0 aliphatic heterocycles. The molecule has 5 aromatic rings. The van der Waals surface area contributed by atoms with Gasteiger partial charge < -0.3 is 19.3 Å². The minimum absolute atomic E-state index is 0.0754. The molecule has 0 aliphatic rings. The number of nitrogens with zero attached hydrogens (tertiary/aromatic N) is 3. The minimum atomic E-state index is -0.628. The molecule has 0 atom stereocenters. The number of hydrogen-bond donors (Lipinski definition) is 1. The molecular formula is C31H26F3N3O4. The number of aromatic hydroxyl groups is 1. The van der Waals surface area contributed by atoms with Crippen LogP contribution in [0.1, 0.15) is 22.3 Å². The molecule has 10 heteroatoms. The second kappa shape index (κ2) is 13.8. The van der Waals surface area contributed by atoms with Gasteiger partial charge in [-0.05, 0) is 64.7 Å². The zero-order valence-electron chi connectivity index (χ0n) is 22.2. The summed E-state index contributed by atoms with van der Waals surface area (Å²) in [5.41, 5.74) is 2.81. The molecule has 210 valence electrons. The fourth-order valence-corrected chi connectivity index (χ4v) is 3.83. The van der Waals surface area contributed by atoms with Gasteiger partial charge in [0.25, 0.3) is 0 Å². The van der Waals surface area contributed by atoms with Gasteiger partial charge in [0.05, 0.1) is 26.6 Å². The average Bonchev–Trinajstić information content (AvgIpc) is 2.97. The molecule has 3 aromatic heterocycles. The van der Waals surface area contributed by atoms with E-state index < -0.39 is 5.95 Å². The third-order valence-corrected chi connectivity index (χ3v) is 5.88. The molecule has 7 nitrogen and oxygen atoms in total. The lowest BCUT2D eigenvalue weighted by Crippen LogP contribution is -1.97. The lowest BCUT2D eigenvalue weighted by molar-refractivity contribution is 0.370. The van der Waals surface area contributed by atoms with Crippen molar-refractivity contribution in [2.45, 2.75) is 12.8 Å². The number of benzene rings is 2. The molecule has 3 heterocycles. The van der Waals surface area contributed by atoms with Gasteiger partial charge >= 0.3 is 0 Å². The summed E-state index contributed by atoms with van der Waals surface area (Å²) in [5.74, 6) is 0.115. The van der Waals surface area contributed by atoms with Crippen LogP contribution in [0.2, 0.25) is 0 Å². The molecule has 0 spiro atoms. The normalized spacial score (nSPS) is 10.4. The van der Waals surface area contributed by atoms with Crippen molar-refractivity contribution in [3.63, 3.8) is 0 Å². The SMILES string of the molecule is COc1cc(Cc2ccncc2F)ccc1O.COc1cc(Cc2ccncc2F)ccc1Oc1cccc(F)n1. The standard InChI is InChI=1S/C18H14F2N2O2.C13H12FNO2/c1-23-16-10-12(9-13-7-8-21-11-14(13)19)5-6-15(16)24-18-4-2-3-17(20)22-18;1-17-13-7-9(2-3-12(13)16)6-10-4-5-15-8-11(10)14/h2-8,10-11H,9H2,1H3;2-5,7-8,16H,6H2,1H3. The maximum atomic E-state index is 13.7. The van der Waals surface area contributed by atoms with Gasteiger partial charge in [-0.15, -0.1) is 0 Å². The van der Waals surface area contributed by atoms with Gasteiger partial charge in [-0.2, -0.15) is 9.37 Å². The molecule has 0 unspecified atom stereocenters. The molecule has 0 fully saturated rings. The molecule has 0 radical (unpaired) electrons. The first-order chi connectivity index (χ1) is 19.9. The van der Waals surface area contributed by atoms with Gasteiger partial charge in [-0.1, -0.05) is 18.2 Å². The second-order valence-electron chi connectivity index (χ2n) is 8.68. The van der Waals surface area contributed by atoms with Crippen molar-refractivity contribution in [3.8, 4) is 28.9 Å². The van der Waals surface area contributed by atoms with E-state index in [0.717, 1.165) is 11.1 Å². The summed E-state index contributed by atoms with van der Waals surface area (Å²) < 4.78 is 56.1. The molecular weight excluding hydrogens is 535 g/mol. The molecule has 0 saturated heterocycles. The first-order valence-electron chi connectivity index (χ1n) is 12.4. The van der Waals surface area contributed by atoms with Gasteiger partial charge in [-0.3, -0.25) is 9.97 Å². The van der Waals surface area contributed by atoms with Crippen molar-refractivity contribution in [3.05, 3.63) is 131 Å². The largest absolute Gasteiger partial charge is 0.504 e. The fraction of sp³-hybridized carbons (Fsp3) is 0.129. The lowest BCUT2D eigenvalue weighted by atomic mass is 10.1. The number of pyridine rings is 3. The molecule has 2 aromatic carbocycles. The highest BCUT2D eigenvalue weighted by Gasteiger charge is 2.11. The number of hydrogen-bond acceptors (Lipinski definition) is 7. The summed E-state index contributed by atoms with van der Waals surface area (Å²) in [4.78, 5) is 11.1. The van der Waals surface area contributed by atoms with E-state index in [-0.39, 0.29) is 23.3 Å². The molecule has 0 amide bonds. The van der Waals surface area contributed by atoms with E-state index >= 15 is 0 Å². The number of phenolic OH excluding ortho intramolecular Hbond substituents is 1. The average molecular weight is 562 g/mol. The Bertz CT molecular complexity index is 1620. The van der Waals surface area contributed by atoms with Crippen LogP contribution in [0.5, 0.6) is 28.9 Å². The number of aromatic nitrogens is 3. The smallest absolute Gasteiger partial charge is 0.222 e. The minimum Gasteiger partial charge on any atom is -0.504 e. The third-order valence-electron chi connectivity index (χ3n) is 5.88. The molecule has 0 aliphatic carbocycles. The highest BCUT2D eigenvalue weighted by Crippen LogP contribution is 2.32. The van der Waals surface area contributed by atoms with Crippen LogP contribution in [0.4, 0.5) is 13.2 Å². The number of rotatable bonds is 8. The summed E-state index contributed by atoms with van der Waals surface area (Å²) in [5, 5.41) is 9.45. The Labute approximate surface area is 234 Å². The Hall–Kier alpha value is -5.12. The quantitative estimate of drug-likeness (QED) is 0.212. The van der Waals surface area contributed by atoms with Crippen molar-refractivity contribution in [2.24, 2.45) is 0 Å².